The van der Waals surface area contributed by atoms with Crippen LogP contribution in [0.15, 0.2) is 4.42 Å². The van der Waals surface area contributed by atoms with E-state index in [1.807, 2.05) is 0 Å². The Morgan fingerprint density at radius 2 is 1.69 bits per heavy atom. The smallest absolute Gasteiger partial charge is 0.315 e. The summed E-state index contributed by atoms with van der Waals surface area (Å²) in [4.78, 5) is 2.68. The van der Waals surface area contributed by atoms with Crippen LogP contribution in [0.1, 0.15) is 81.8 Å². The van der Waals surface area contributed by atoms with E-state index in [1.165, 1.54) is 90.3 Å². The summed E-state index contributed by atoms with van der Waals surface area (Å²) >= 11 is 2.06. The molecule has 26 heavy (non-hydrogen) atoms. The van der Waals surface area contributed by atoms with E-state index in [0.717, 1.165) is 23.6 Å². The van der Waals surface area contributed by atoms with E-state index < -0.39 is 0 Å². The lowest BCUT2D eigenvalue weighted by molar-refractivity contribution is 0.284. The zero-order valence-electron chi connectivity index (χ0n) is 16.0. The Morgan fingerprint density at radius 1 is 0.923 bits per heavy atom. The second kappa shape index (κ2) is 9.45. The van der Waals surface area contributed by atoms with Crippen LogP contribution in [-0.2, 0) is 0 Å². The van der Waals surface area contributed by atoms with Crippen molar-refractivity contribution in [2.24, 2.45) is 5.92 Å². The van der Waals surface area contributed by atoms with E-state index in [4.69, 9.17) is 4.42 Å². The second-order valence-corrected chi connectivity index (χ2v) is 9.88. The fourth-order valence-corrected chi connectivity index (χ4v) is 6.20. The largest absolute Gasteiger partial charge is 0.407 e. The summed E-state index contributed by atoms with van der Waals surface area (Å²) in [6.45, 7) is 4.80. The van der Waals surface area contributed by atoms with Gasteiger partial charge in [-0.15, -0.1) is 16.9 Å². The first-order valence-electron chi connectivity index (χ1n) is 10.8. The van der Waals surface area contributed by atoms with Crippen LogP contribution in [0.4, 0.5) is 6.01 Å². The average Bonchev–Trinajstić information content (AvgIpc) is 3.25. The zero-order valence-corrected chi connectivity index (χ0v) is 16.8. The molecule has 4 rings (SSSR count). The number of thioether (sulfide) groups is 1. The molecule has 0 spiro atoms. The second-order valence-electron chi connectivity index (χ2n) is 8.37. The number of rotatable bonds is 6. The van der Waals surface area contributed by atoms with Crippen molar-refractivity contribution in [3.05, 3.63) is 5.89 Å². The first-order valence-corrected chi connectivity index (χ1v) is 11.8. The van der Waals surface area contributed by atoms with Crippen LogP contribution in [0.2, 0.25) is 0 Å². The Kier molecular flexibility index (Phi) is 6.76. The predicted octanol–water partition coefficient (Wildman–Crippen LogP) is 4.87. The van der Waals surface area contributed by atoms with Gasteiger partial charge in [0, 0.05) is 18.3 Å². The van der Waals surface area contributed by atoms with E-state index in [0.29, 0.717) is 11.3 Å². The predicted molar refractivity (Wildman–Crippen MR) is 108 cm³/mol. The van der Waals surface area contributed by atoms with Crippen molar-refractivity contribution in [2.75, 3.05) is 31.5 Å². The molecule has 3 aliphatic rings. The third kappa shape index (κ3) is 5.16. The van der Waals surface area contributed by atoms with Crippen molar-refractivity contribution >= 4 is 17.8 Å². The van der Waals surface area contributed by atoms with Gasteiger partial charge < -0.3 is 14.6 Å². The number of hydrogen-bond donors (Lipinski definition) is 1. The molecule has 6 heteroatoms. The minimum Gasteiger partial charge on any atom is -0.407 e. The van der Waals surface area contributed by atoms with Gasteiger partial charge >= 0.3 is 6.01 Å². The molecule has 0 radical (unpaired) electrons. The van der Waals surface area contributed by atoms with Gasteiger partial charge in [-0.3, -0.25) is 0 Å². The van der Waals surface area contributed by atoms with Gasteiger partial charge in [0.2, 0.25) is 5.89 Å². The van der Waals surface area contributed by atoms with Crippen molar-refractivity contribution < 1.29 is 4.42 Å². The molecule has 2 unspecified atom stereocenters. The summed E-state index contributed by atoms with van der Waals surface area (Å²) in [7, 11) is 0. The highest BCUT2D eigenvalue weighted by Crippen LogP contribution is 2.44. The van der Waals surface area contributed by atoms with Gasteiger partial charge in [-0.2, -0.15) is 0 Å². The third-order valence-corrected chi connectivity index (χ3v) is 7.79. The lowest BCUT2D eigenvalue weighted by Gasteiger charge is -2.23. The molecule has 3 heterocycles. The highest BCUT2D eigenvalue weighted by atomic mass is 32.2. The van der Waals surface area contributed by atoms with Crippen molar-refractivity contribution in [1.29, 1.82) is 0 Å². The molecule has 1 aliphatic carbocycles. The van der Waals surface area contributed by atoms with Gasteiger partial charge in [-0.25, -0.2) is 0 Å². The molecule has 0 amide bonds. The summed E-state index contributed by atoms with van der Waals surface area (Å²) in [5.74, 6) is 1.61. The number of nitrogens with zero attached hydrogens (tertiary/aromatic N) is 3. The fraction of sp³-hybridized carbons (Fsp3) is 0.900. The molecule has 0 bridgehead atoms. The Bertz CT molecular complexity index is 538. The van der Waals surface area contributed by atoms with Crippen LogP contribution in [0.25, 0.3) is 0 Å². The Morgan fingerprint density at radius 3 is 2.50 bits per heavy atom. The standard InChI is InChI=1S/C20H34N4OS/c1-2-7-13-24(12-6-1)15-17-10-11-18(26-17)19-22-23-20(25-19)21-14-16-8-4-3-5-9-16/h16-18H,1-15H2,(H,21,23). The minimum absolute atomic E-state index is 0.393. The van der Waals surface area contributed by atoms with Crippen LogP contribution in [0.3, 0.4) is 0 Å². The third-order valence-electron chi connectivity index (χ3n) is 6.25. The van der Waals surface area contributed by atoms with Crippen LogP contribution in [-0.4, -0.2) is 46.5 Å². The summed E-state index contributed by atoms with van der Waals surface area (Å²) in [5.41, 5.74) is 0. The van der Waals surface area contributed by atoms with E-state index in [2.05, 4.69) is 32.2 Å². The molecule has 2 atom stereocenters. The lowest BCUT2D eigenvalue weighted by Crippen LogP contribution is -2.30. The van der Waals surface area contributed by atoms with Gasteiger partial charge in [-0.05, 0) is 57.5 Å². The van der Waals surface area contributed by atoms with Crippen molar-refractivity contribution in [2.45, 2.75) is 81.1 Å². The van der Waals surface area contributed by atoms with Gasteiger partial charge in [0.05, 0.1) is 5.25 Å². The van der Waals surface area contributed by atoms with E-state index in [1.54, 1.807) is 0 Å². The van der Waals surface area contributed by atoms with Gasteiger partial charge in [0.25, 0.3) is 0 Å². The fourth-order valence-electron chi connectivity index (χ4n) is 4.69. The molecular weight excluding hydrogens is 344 g/mol. The first kappa shape index (κ1) is 18.6. The maximum Gasteiger partial charge on any atom is 0.315 e. The molecule has 146 valence electrons. The maximum absolute atomic E-state index is 5.95. The molecule has 1 saturated carbocycles. The molecule has 2 saturated heterocycles. The zero-order chi connectivity index (χ0) is 17.6. The summed E-state index contributed by atoms with van der Waals surface area (Å²) in [6, 6.07) is 0.627. The molecular formula is C20H34N4OS. The number of likely N-dealkylation sites (tertiary alicyclic amines) is 1. The molecule has 2 aliphatic heterocycles. The molecule has 5 nitrogen and oxygen atoms in total. The number of nitrogens with one attached hydrogen (secondary N) is 1. The minimum atomic E-state index is 0.393. The van der Waals surface area contributed by atoms with Crippen LogP contribution in [0, 0.1) is 5.92 Å². The van der Waals surface area contributed by atoms with Crippen molar-refractivity contribution in [3.63, 3.8) is 0 Å². The Balaban J connectivity index is 1.22. The highest BCUT2D eigenvalue weighted by Gasteiger charge is 2.31. The monoisotopic (exact) mass is 378 g/mol. The SMILES string of the molecule is C1CCC(CNc2nnc(C3CCC(CN4CCCCCC4)S3)o2)CC1. The Labute approximate surface area is 162 Å². The summed E-state index contributed by atoms with van der Waals surface area (Å²) in [6.07, 6.45) is 14.9. The number of hydrogen-bond acceptors (Lipinski definition) is 6. The topological polar surface area (TPSA) is 54.2 Å². The van der Waals surface area contributed by atoms with Crippen LogP contribution in [0.5, 0.6) is 0 Å². The van der Waals surface area contributed by atoms with Gasteiger partial charge in [-0.1, -0.05) is 37.2 Å². The van der Waals surface area contributed by atoms with Gasteiger partial charge in [0.15, 0.2) is 0 Å². The van der Waals surface area contributed by atoms with Crippen LogP contribution >= 0.6 is 11.8 Å². The normalized spacial score (nSPS) is 28.9. The van der Waals surface area contributed by atoms with E-state index in [-0.39, 0.29) is 0 Å². The Hall–Kier alpha value is -0.750. The van der Waals surface area contributed by atoms with Crippen molar-refractivity contribution in [1.82, 2.24) is 15.1 Å². The van der Waals surface area contributed by atoms with Crippen molar-refractivity contribution in [3.8, 4) is 0 Å². The van der Waals surface area contributed by atoms with Gasteiger partial charge in [0.1, 0.15) is 0 Å². The molecule has 1 aromatic heterocycles. The lowest BCUT2D eigenvalue weighted by atomic mass is 9.89. The van der Waals surface area contributed by atoms with Crippen LogP contribution < -0.4 is 5.32 Å². The number of aromatic nitrogens is 2. The maximum atomic E-state index is 5.95. The molecule has 3 fully saturated rings. The molecule has 0 aromatic carbocycles. The van der Waals surface area contributed by atoms with E-state index >= 15 is 0 Å². The number of anilines is 1. The molecule has 1 N–H and O–H groups in total. The van der Waals surface area contributed by atoms with E-state index in [9.17, 15) is 0 Å². The summed E-state index contributed by atoms with van der Waals surface area (Å²) in [5, 5.41) is 13.1. The highest BCUT2D eigenvalue weighted by molar-refractivity contribution is 8.00. The quantitative estimate of drug-likeness (QED) is 0.762. The summed E-state index contributed by atoms with van der Waals surface area (Å²) < 4.78 is 5.95. The average molecular weight is 379 g/mol. The first-order chi connectivity index (χ1) is 12.9. The molecule has 1 aromatic rings.